The summed E-state index contributed by atoms with van der Waals surface area (Å²) >= 11 is 13.6. The molecule has 1 aliphatic heterocycles. The van der Waals surface area contributed by atoms with Crippen LogP contribution in [0, 0.1) is 13.8 Å². The van der Waals surface area contributed by atoms with Crippen molar-refractivity contribution < 1.29 is 14.3 Å². The molecule has 0 saturated heterocycles. The van der Waals surface area contributed by atoms with Gasteiger partial charge in [-0.1, -0.05) is 23.2 Å². The molecule has 6 nitrogen and oxygen atoms in total. The third-order valence-electron chi connectivity index (χ3n) is 4.53. The zero-order chi connectivity index (χ0) is 21.4. The summed E-state index contributed by atoms with van der Waals surface area (Å²) in [5.74, 6) is -0.132. The lowest BCUT2D eigenvalue weighted by Gasteiger charge is -2.29. The molecule has 154 valence electrons. The van der Waals surface area contributed by atoms with Gasteiger partial charge in [0.2, 0.25) is 5.91 Å². The second-order valence-corrected chi connectivity index (χ2v) is 9.08. The maximum absolute atomic E-state index is 12.6. The molecule has 0 saturated carbocycles. The minimum atomic E-state index is -0.374. The number of thiazole rings is 1. The Kier molecular flexibility index (Phi) is 5.69. The van der Waals surface area contributed by atoms with E-state index in [0.29, 0.717) is 27.2 Å². The first-order chi connectivity index (χ1) is 14.3. The van der Waals surface area contributed by atoms with Crippen molar-refractivity contribution >= 4 is 57.7 Å². The van der Waals surface area contributed by atoms with Crippen LogP contribution in [0.4, 0.5) is 11.4 Å². The first kappa shape index (κ1) is 20.7. The van der Waals surface area contributed by atoms with E-state index in [9.17, 15) is 9.59 Å². The zero-order valence-electron chi connectivity index (χ0n) is 16.2. The number of amides is 2. The number of ether oxygens (including phenoxy) is 1. The summed E-state index contributed by atoms with van der Waals surface area (Å²) in [5.41, 5.74) is 2.71. The van der Waals surface area contributed by atoms with Crippen LogP contribution in [0.2, 0.25) is 10.0 Å². The molecule has 0 atom stereocenters. The Balaban J connectivity index is 1.61. The SMILES string of the molecule is Cc1nc(-c2ccc3c(c2)N(CC(=O)Nc2cc(Cl)cc(Cl)c2)C(=O)CO3)c(C)s1. The quantitative estimate of drug-likeness (QED) is 0.586. The van der Waals surface area contributed by atoms with E-state index in [1.54, 1.807) is 35.6 Å². The molecule has 0 radical (unpaired) electrons. The summed E-state index contributed by atoms with van der Waals surface area (Å²) in [6.45, 7) is 3.66. The molecule has 1 N–H and O–H groups in total. The molecule has 30 heavy (non-hydrogen) atoms. The minimum Gasteiger partial charge on any atom is -0.482 e. The fourth-order valence-corrected chi connectivity index (χ4v) is 4.66. The van der Waals surface area contributed by atoms with Gasteiger partial charge in [0.05, 0.1) is 16.4 Å². The molecule has 0 bridgehead atoms. The number of fused-ring (bicyclic) bond motifs is 1. The van der Waals surface area contributed by atoms with Crippen LogP contribution in [-0.4, -0.2) is 29.9 Å². The Hall–Kier alpha value is -2.61. The number of carbonyl (C=O) groups is 2. The molecule has 0 unspecified atom stereocenters. The molecule has 2 heterocycles. The van der Waals surface area contributed by atoms with E-state index < -0.39 is 0 Å². The standard InChI is InChI=1S/C21H17Cl2N3O3S/c1-11-21(24-12(2)30-11)13-3-4-18-17(5-13)26(20(28)10-29-18)9-19(27)25-16-7-14(22)6-15(23)8-16/h3-8H,9-10H2,1-2H3,(H,25,27). The van der Waals surface area contributed by atoms with Gasteiger partial charge in [-0.3, -0.25) is 14.5 Å². The Labute approximate surface area is 187 Å². The monoisotopic (exact) mass is 461 g/mol. The predicted molar refractivity (Wildman–Crippen MR) is 120 cm³/mol. The van der Waals surface area contributed by atoms with Crippen LogP contribution in [0.1, 0.15) is 9.88 Å². The van der Waals surface area contributed by atoms with Crippen LogP contribution in [-0.2, 0) is 9.59 Å². The Morgan fingerprint density at radius 3 is 2.60 bits per heavy atom. The van der Waals surface area contributed by atoms with Gasteiger partial charge in [0.25, 0.3) is 5.91 Å². The fraction of sp³-hybridized carbons (Fsp3) is 0.190. The molecule has 2 amide bonds. The molecule has 0 spiro atoms. The maximum atomic E-state index is 12.6. The molecule has 1 aromatic heterocycles. The van der Waals surface area contributed by atoms with Crippen molar-refractivity contribution in [2.45, 2.75) is 13.8 Å². The molecule has 3 aromatic rings. The second-order valence-electron chi connectivity index (χ2n) is 6.80. The molecule has 0 fully saturated rings. The van der Waals surface area contributed by atoms with Crippen molar-refractivity contribution in [2.75, 3.05) is 23.4 Å². The molecule has 9 heteroatoms. The summed E-state index contributed by atoms with van der Waals surface area (Å²) in [4.78, 5) is 32.2. The van der Waals surface area contributed by atoms with Gasteiger partial charge in [-0.05, 0) is 50.2 Å². The number of nitrogens with zero attached hydrogens (tertiary/aromatic N) is 2. The Morgan fingerprint density at radius 1 is 1.20 bits per heavy atom. The van der Waals surface area contributed by atoms with Crippen LogP contribution in [0.3, 0.4) is 0 Å². The maximum Gasteiger partial charge on any atom is 0.265 e. The predicted octanol–water partition coefficient (Wildman–Crippen LogP) is 5.10. The van der Waals surface area contributed by atoms with Crippen LogP contribution < -0.4 is 15.0 Å². The molecule has 1 aliphatic rings. The van der Waals surface area contributed by atoms with Crippen molar-refractivity contribution in [1.82, 2.24) is 4.98 Å². The van der Waals surface area contributed by atoms with Crippen molar-refractivity contribution in [3.8, 4) is 17.0 Å². The van der Waals surface area contributed by atoms with Gasteiger partial charge in [-0.25, -0.2) is 4.98 Å². The van der Waals surface area contributed by atoms with Gasteiger partial charge in [-0.15, -0.1) is 11.3 Å². The molecule has 0 aliphatic carbocycles. The lowest BCUT2D eigenvalue weighted by Crippen LogP contribution is -2.43. The molecule has 4 rings (SSSR count). The Bertz CT molecular complexity index is 1140. The molecular weight excluding hydrogens is 445 g/mol. The number of aryl methyl sites for hydroxylation is 2. The number of carbonyl (C=O) groups excluding carboxylic acids is 2. The average molecular weight is 462 g/mol. The largest absolute Gasteiger partial charge is 0.482 e. The summed E-state index contributed by atoms with van der Waals surface area (Å²) in [6, 6.07) is 10.3. The van der Waals surface area contributed by atoms with E-state index in [1.165, 1.54) is 4.90 Å². The van der Waals surface area contributed by atoms with Crippen molar-refractivity contribution in [3.63, 3.8) is 0 Å². The van der Waals surface area contributed by atoms with Crippen molar-refractivity contribution in [1.29, 1.82) is 0 Å². The third-order valence-corrected chi connectivity index (χ3v) is 5.85. The van der Waals surface area contributed by atoms with E-state index in [1.807, 2.05) is 26.0 Å². The van der Waals surface area contributed by atoms with E-state index in [2.05, 4.69) is 10.3 Å². The summed E-state index contributed by atoms with van der Waals surface area (Å²) in [7, 11) is 0. The van der Waals surface area contributed by atoms with Crippen LogP contribution in [0.15, 0.2) is 36.4 Å². The highest BCUT2D eigenvalue weighted by molar-refractivity contribution is 7.11. The number of rotatable bonds is 4. The van der Waals surface area contributed by atoms with Crippen LogP contribution in [0.5, 0.6) is 5.75 Å². The zero-order valence-corrected chi connectivity index (χ0v) is 18.5. The van der Waals surface area contributed by atoms with Gasteiger partial charge in [0, 0.05) is 26.2 Å². The Morgan fingerprint density at radius 2 is 1.93 bits per heavy atom. The van der Waals surface area contributed by atoms with E-state index >= 15 is 0 Å². The number of hydrogen-bond acceptors (Lipinski definition) is 5. The van der Waals surface area contributed by atoms with Gasteiger partial charge >= 0.3 is 0 Å². The normalized spacial score (nSPS) is 13.1. The number of nitrogens with one attached hydrogen (secondary N) is 1. The van der Waals surface area contributed by atoms with Gasteiger partial charge in [0.1, 0.15) is 12.3 Å². The highest BCUT2D eigenvalue weighted by atomic mass is 35.5. The first-order valence-corrected chi connectivity index (χ1v) is 10.6. The van der Waals surface area contributed by atoms with Crippen LogP contribution in [0.25, 0.3) is 11.3 Å². The third kappa shape index (κ3) is 4.28. The molecular formula is C21H17Cl2N3O3S. The van der Waals surface area contributed by atoms with E-state index in [-0.39, 0.29) is 25.0 Å². The number of hydrogen-bond donors (Lipinski definition) is 1. The summed E-state index contributed by atoms with van der Waals surface area (Å²) < 4.78 is 5.55. The van der Waals surface area contributed by atoms with Gasteiger partial charge in [0.15, 0.2) is 6.61 Å². The molecule has 2 aromatic carbocycles. The average Bonchev–Trinajstić information content (AvgIpc) is 3.01. The minimum absolute atomic E-state index is 0.128. The first-order valence-electron chi connectivity index (χ1n) is 9.08. The van der Waals surface area contributed by atoms with E-state index in [4.69, 9.17) is 27.9 Å². The lowest BCUT2D eigenvalue weighted by molar-refractivity contribution is -0.123. The lowest BCUT2D eigenvalue weighted by atomic mass is 10.1. The number of halogens is 2. The number of aromatic nitrogens is 1. The highest BCUT2D eigenvalue weighted by Crippen LogP contribution is 2.37. The topological polar surface area (TPSA) is 71.5 Å². The smallest absolute Gasteiger partial charge is 0.265 e. The fourth-order valence-electron chi connectivity index (χ4n) is 3.29. The van der Waals surface area contributed by atoms with Crippen LogP contribution >= 0.6 is 34.5 Å². The number of benzene rings is 2. The summed E-state index contributed by atoms with van der Waals surface area (Å²) in [5, 5.41) is 4.50. The number of anilines is 2. The van der Waals surface area contributed by atoms with Gasteiger partial charge < -0.3 is 10.1 Å². The highest BCUT2D eigenvalue weighted by Gasteiger charge is 2.28. The van der Waals surface area contributed by atoms with Crippen molar-refractivity contribution in [2.24, 2.45) is 0 Å². The van der Waals surface area contributed by atoms with E-state index in [0.717, 1.165) is 21.1 Å². The second kappa shape index (κ2) is 8.26. The van der Waals surface area contributed by atoms with Gasteiger partial charge in [-0.2, -0.15) is 0 Å². The summed E-state index contributed by atoms with van der Waals surface area (Å²) in [6.07, 6.45) is 0. The van der Waals surface area contributed by atoms with Crippen molar-refractivity contribution in [3.05, 3.63) is 56.3 Å².